The fourth-order valence-corrected chi connectivity index (χ4v) is 9.85. The average molecular weight is 838 g/mol. The van der Waals surface area contributed by atoms with E-state index in [1.165, 1.54) is 71.4 Å². The van der Waals surface area contributed by atoms with Gasteiger partial charge in [-0.3, -0.25) is 4.55 Å². The summed E-state index contributed by atoms with van der Waals surface area (Å²) in [6, 6.07) is 29.7. The highest BCUT2D eigenvalue weighted by molar-refractivity contribution is 7.85. The molecule has 0 bridgehead atoms. The second-order valence-electron chi connectivity index (χ2n) is 16.8. The maximum atomic E-state index is 10.5. The summed E-state index contributed by atoms with van der Waals surface area (Å²) in [4.78, 5) is 3.59. The van der Waals surface area contributed by atoms with E-state index >= 15 is 0 Å². The first kappa shape index (κ1) is 42.7. The van der Waals surface area contributed by atoms with Gasteiger partial charge in [-0.15, -0.1) is 11.3 Å². The number of fused-ring (bicyclic) bond motifs is 3. The second-order valence-corrected chi connectivity index (χ2v) is 19.3. The molecule has 6 nitrogen and oxygen atoms in total. The topological polar surface area (TPSA) is 76.1 Å². The molecule has 2 aliphatic rings. The molecule has 1 aromatic heterocycles. The molecule has 1 aliphatic heterocycles. The van der Waals surface area contributed by atoms with E-state index in [0.29, 0.717) is 13.2 Å². The molecule has 1 N–H and O–H groups in total. The maximum absolute atomic E-state index is 10.5. The smallest absolute Gasteiger partial charge is 0.294 e. The van der Waals surface area contributed by atoms with Gasteiger partial charge < -0.3 is 14.4 Å². The van der Waals surface area contributed by atoms with Crippen molar-refractivity contribution in [2.75, 3.05) is 18.1 Å². The summed E-state index contributed by atoms with van der Waals surface area (Å²) >= 11 is 1.94. The van der Waals surface area contributed by atoms with Crippen LogP contribution in [0.1, 0.15) is 71.9 Å². The molecule has 0 spiro atoms. The van der Waals surface area contributed by atoms with Crippen molar-refractivity contribution in [2.24, 2.45) is 5.41 Å². The molecule has 0 unspecified atom stereocenters. The van der Waals surface area contributed by atoms with Crippen molar-refractivity contribution in [2.45, 2.75) is 79.5 Å². The van der Waals surface area contributed by atoms with E-state index in [1.54, 1.807) is 12.1 Å². The van der Waals surface area contributed by atoms with Gasteiger partial charge >= 0.3 is 0 Å². The minimum absolute atomic E-state index is 0.0666. The molecule has 0 atom stereocenters. The summed E-state index contributed by atoms with van der Waals surface area (Å²) in [7, 11) is -4.02. The number of nitrogens with zero attached hydrogens (tertiary/aromatic N) is 1. The molecule has 6 aromatic rings. The second kappa shape index (κ2) is 17.7. The average Bonchev–Trinajstić information content (AvgIpc) is 3.69. The summed E-state index contributed by atoms with van der Waals surface area (Å²) in [5.74, 6) is 2.64. The number of thiophene rings is 1. The molecule has 8 heteroatoms. The molecule has 0 saturated heterocycles. The van der Waals surface area contributed by atoms with Gasteiger partial charge in [0.25, 0.3) is 10.1 Å². The summed E-state index contributed by atoms with van der Waals surface area (Å²) < 4.78 is 43.8. The number of aryl methyl sites for hydroxylation is 6. The third kappa shape index (κ3) is 9.79. The molecule has 0 saturated carbocycles. The van der Waals surface area contributed by atoms with E-state index in [2.05, 4.69) is 150 Å². The molecule has 8 rings (SSSR count). The molecule has 0 radical (unpaired) electrons. The normalized spacial score (nSPS) is 16.3. The molecule has 0 fully saturated rings. The lowest BCUT2D eigenvalue weighted by Crippen LogP contribution is -2.26. The summed E-state index contributed by atoms with van der Waals surface area (Å²) in [6.45, 7) is 18.9. The number of anilines is 1. The van der Waals surface area contributed by atoms with Crippen LogP contribution in [0.15, 0.2) is 137 Å². The lowest BCUT2D eigenvalue weighted by atomic mass is 9.75. The van der Waals surface area contributed by atoms with E-state index in [-0.39, 0.29) is 10.3 Å². The van der Waals surface area contributed by atoms with Crippen LogP contribution in [0, 0.1) is 40.0 Å². The van der Waals surface area contributed by atoms with Gasteiger partial charge in [-0.1, -0.05) is 99.2 Å². The first-order chi connectivity index (χ1) is 28.6. The fourth-order valence-electron chi connectivity index (χ4n) is 8.02. The number of hydrogen-bond donors (Lipinski definition) is 1. The van der Waals surface area contributed by atoms with Crippen molar-refractivity contribution in [3.8, 4) is 11.5 Å². The molecule has 2 heterocycles. The Kier molecular flexibility index (Phi) is 12.6. The van der Waals surface area contributed by atoms with Gasteiger partial charge in [0, 0.05) is 15.0 Å². The third-order valence-electron chi connectivity index (χ3n) is 11.4. The lowest BCUT2D eigenvalue weighted by Gasteiger charge is -2.30. The largest absolute Gasteiger partial charge is 0.491 e. The fraction of sp³-hybridized carbons (Fsp3) is 0.269. The van der Waals surface area contributed by atoms with E-state index in [4.69, 9.17) is 14.0 Å². The quantitative estimate of drug-likeness (QED) is 0.146. The van der Waals surface area contributed by atoms with E-state index in [1.807, 2.05) is 18.3 Å². The van der Waals surface area contributed by atoms with Crippen LogP contribution in [0.4, 0.5) is 5.69 Å². The van der Waals surface area contributed by atoms with Crippen molar-refractivity contribution in [3.05, 3.63) is 171 Å². The number of allylic oxidation sites excluding steroid dienone is 6. The lowest BCUT2D eigenvalue weighted by molar-refractivity contribution is 0.325. The zero-order valence-electron chi connectivity index (χ0n) is 35.9. The van der Waals surface area contributed by atoms with Crippen LogP contribution in [-0.2, 0) is 16.5 Å². The van der Waals surface area contributed by atoms with Gasteiger partial charge in [0.15, 0.2) is 5.75 Å². The van der Waals surface area contributed by atoms with Gasteiger partial charge in [0.2, 0.25) is 5.88 Å². The molecule has 60 heavy (non-hydrogen) atoms. The Labute approximate surface area is 359 Å². The van der Waals surface area contributed by atoms with Gasteiger partial charge in [-0.25, -0.2) is 0 Å². The highest BCUT2D eigenvalue weighted by atomic mass is 32.2. The van der Waals surface area contributed by atoms with Crippen LogP contribution in [0.25, 0.3) is 26.9 Å². The van der Waals surface area contributed by atoms with Crippen LogP contribution in [0.5, 0.6) is 11.5 Å². The van der Waals surface area contributed by atoms with E-state index in [9.17, 15) is 8.42 Å². The van der Waals surface area contributed by atoms with Crippen molar-refractivity contribution < 1.29 is 22.4 Å². The molecule has 5 aromatic carbocycles. The Morgan fingerprint density at radius 3 is 2.30 bits per heavy atom. The minimum atomic E-state index is -4.02. The van der Waals surface area contributed by atoms with Crippen LogP contribution in [0.3, 0.4) is 0 Å². The Bertz CT molecular complexity index is 2800. The van der Waals surface area contributed by atoms with Crippen LogP contribution >= 0.6 is 11.3 Å². The summed E-state index contributed by atoms with van der Waals surface area (Å²) in [5, 5.41) is 3.74. The van der Waals surface area contributed by atoms with Gasteiger partial charge in [-0.2, -0.15) is 8.42 Å². The molecular formula is C52H55NO5S2. The molecule has 310 valence electrons. The highest BCUT2D eigenvalue weighted by Crippen LogP contribution is 2.43. The Balaban J connectivity index is 0.000000431. The number of ether oxygens (including phenoxy) is 2. The zero-order chi connectivity index (χ0) is 42.8. The molecular weight excluding hydrogens is 783 g/mol. The zero-order valence-corrected chi connectivity index (χ0v) is 37.6. The van der Waals surface area contributed by atoms with Crippen molar-refractivity contribution in [1.82, 2.24) is 0 Å². The molecule has 0 amide bonds. The van der Waals surface area contributed by atoms with Gasteiger partial charge in [0.1, 0.15) is 12.4 Å². The van der Waals surface area contributed by atoms with Crippen molar-refractivity contribution in [3.63, 3.8) is 0 Å². The van der Waals surface area contributed by atoms with Gasteiger partial charge in [0.05, 0.1) is 17.1 Å². The van der Waals surface area contributed by atoms with Crippen molar-refractivity contribution >= 4 is 54.1 Å². The first-order valence-electron chi connectivity index (χ1n) is 20.6. The third-order valence-corrected chi connectivity index (χ3v) is 13.4. The number of hydrogen-bond acceptors (Lipinski definition) is 6. The number of rotatable bonds is 9. The summed E-state index contributed by atoms with van der Waals surface area (Å²) in [6.07, 6.45) is 14.6. The molecule has 1 aliphatic carbocycles. The predicted octanol–water partition coefficient (Wildman–Crippen LogP) is 13.6. The van der Waals surface area contributed by atoms with Crippen LogP contribution in [-0.4, -0.2) is 26.1 Å². The van der Waals surface area contributed by atoms with Gasteiger partial charge in [-0.05, 0) is 158 Å². The minimum Gasteiger partial charge on any atom is -0.491 e. The standard InChI is InChI=1S/C45H47NO2S.C7H8O3S/c1-8-36-38-21-29(2)32(5)24-42(38)49-43(36)26-34-25-33(27-45(6,7)28-34)13-11-18-44-46(39-22-30(3)31(4)23-41(39)48-44)19-20-47-40-17-12-15-35-14-9-10-16-37(35)40;1-6-2-4-7(5-3-6)11(8,9)10/h9-18,21-26H,8,19-20,27-28H2,1-7H3;2-5H,1H3,(H,8,9,10). The van der Waals surface area contributed by atoms with Crippen LogP contribution < -0.4 is 14.4 Å². The highest BCUT2D eigenvalue weighted by Gasteiger charge is 2.28. The summed E-state index contributed by atoms with van der Waals surface area (Å²) in [5.41, 5.74) is 11.7. The van der Waals surface area contributed by atoms with E-state index in [0.717, 1.165) is 53.3 Å². The maximum Gasteiger partial charge on any atom is 0.294 e. The predicted molar refractivity (Wildman–Crippen MR) is 251 cm³/mol. The van der Waals surface area contributed by atoms with Crippen LogP contribution in [0.2, 0.25) is 0 Å². The Hall–Kier alpha value is -5.41. The van der Waals surface area contributed by atoms with Crippen molar-refractivity contribution in [1.29, 1.82) is 0 Å². The monoisotopic (exact) mass is 837 g/mol. The number of benzene rings is 5. The SMILES string of the molecule is CCc1c(C=C2C=C(C=CC=C3Oc4cc(C)c(C)cc4N3CCOc3cccc4ccccc34)CC(C)(C)C2)sc2cc(C)c(C)cc12.Cc1ccc(S(=O)(=O)O)cc1. The first-order valence-corrected chi connectivity index (χ1v) is 22.9. The Morgan fingerprint density at radius 2 is 1.55 bits per heavy atom. The Morgan fingerprint density at radius 1 is 0.850 bits per heavy atom. The van der Waals surface area contributed by atoms with E-state index < -0.39 is 10.1 Å².